The molecule has 0 saturated carbocycles. The van der Waals surface area contributed by atoms with Crippen molar-refractivity contribution < 1.29 is 18.3 Å². The summed E-state index contributed by atoms with van der Waals surface area (Å²) in [7, 11) is -3.64. The molecule has 0 radical (unpaired) electrons. The van der Waals surface area contributed by atoms with Crippen LogP contribution in [-0.4, -0.2) is 55.8 Å². The van der Waals surface area contributed by atoms with Crippen LogP contribution >= 0.6 is 0 Å². The Kier molecular flexibility index (Phi) is 5.71. The van der Waals surface area contributed by atoms with Crippen LogP contribution in [0.1, 0.15) is 37.0 Å². The van der Waals surface area contributed by atoms with Crippen molar-refractivity contribution in [2.45, 2.75) is 37.6 Å². The summed E-state index contributed by atoms with van der Waals surface area (Å²) in [5.41, 5.74) is 5.91. The summed E-state index contributed by atoms with van der Waals surface area (Å²) in [5.74, 6) is -1.03. The number of phenols is 1. The minimum atomic E-state index is -3.64. The molecule has 1 heterocycles. The van der Waals surface area contributed by atoms with Gasteiger partial charge >= 0.3 is 0 Å². The van der Waals surface area contributed by atoms with E-state index in [2.05, 4.69) is 17.1 Å². The van der Waals surface area contributed by atoms with Crippen LogP contribution in [0.25, 0.3) is 0 Å². The third-order valence-electron chi connectivity index (χ3n) is 4.49. The van der Waals surface area contributed by atoms with Gasteiger partial charge < -0.3 is 16.2 Å². The minimum absolute atomic E-state index is 0.0545. The van der Waals surface area contributed by atoms with E-state index < -0.39 is 21.5 Å². The quantitative estimate of drug-likeness (QED) is 0.656. The summed E-state index contributed by atoms with van der Waals surface area (Å²) < 4.78 is 24.0. The molecule has 24 heavy (non-hydrogen) atoms. The maximum Gasteiger partial charge on any atom is 0.253 e. The van der Waals surface area contributed by atoms with Crippen molar-refractivity contribution in [2.24, 2.45) is 0 Å². The van der Waals surface area contributed by atoms with Crippen molar-refractivity contribution >= 4 is 21.4 Å². The van der Waals surface area contributed by atoms with Crippen molar-refractivity contribution in [3.05, 3.63) is 17.7 Å². The van der Waals surface area contributed by atoms with E-state index in [0.29, 0.717) is 6.54 Å². The second-order valence-electron chi connectivity index (χ2n) is 5.95. The molecule has 7 nitrogen and oxygen atoms in total. The molecule has 1 amide bonds. The van der Waals surface area contributed by atoms with Gasteiger partial charge in [-0.05, 0) is 32.0 Å². The number of rotatable bonds is 6. The van der Waals surface area contributed by atoms with Crippen LogP contribution in [0.3, 0.4) is 0 Å². The van der Waals surface area contributed by atoms with Gasteiger partial charge in [-0.2, -0.15) is 0 Å². The number of hydrogen-bond acceptors (Lipinski definition) is 6. The Morgan fingerprint density at radius 2 is 2.12 bits per heavy atom. The Morgan fingerprint density at radius 3 is 2.75 bits per heavy atom. The first kappa shape index (κ1) is 18.5. The fourth-order valence-electron chi connectivity index (χ4n) is 3.03. The summed E-state index contributed by atoms with van der Waals surface area (Å²) in [4.78, 5) is 14.4. The number of nitrogens with zero attached hydrogens (tertiary/aromatic N) is 1. The van der Waals surface area contributed by atoms with Crippen LogP contribution in [0.2, 0.25) is 0 Å². The number of aromatic hydroxyl groups is 1. The van der Waals surface area contributed by atoms with E-state index in [0.717, 1.165) is 38.1 Å². The van der Waals surface area contributed by atoms with E-state index in [-0.39, 0.29) is 27.9 Å². The topological polar surface area (TPSA) is 113 Å². The normalized spacial score (nSPS) is 18.7. The lowest BCUT2D eigenvalue weighted by atomic mass is 10.1. The fraction of sp³-hybridized carbons (Fsp3) is 0.562. The summed E-state index contributed by atoms with van der Waals surface area (Å²) in [5, 5.41) is 12.7. The van der Waals surface area contributed by atoms with Gasteiger partial charge in [-0.1, -0.05) is 13.8 Å². The number of nitrogens with two attached hydrogens (primary N) is 1. The Labute approximate surface area is 142 Å². The maximum absolute atomic E-state index is 12.4. The van der Waals surface area contributed by atoms with Gasteiger partial charge in [0.1, 0.15) is 10.6 Å². The monoisotopic (exact) mass is 355 g/mol. The Hall–Kier alpha value is -1.80. The zero-order chi connectivity index (χ0) is 17.9. The number of carbonyl (C=O) groups is 1. The first-order chi connectivity index (χ1) is 11.3. The van der Waals surface area contributed by atoms with E-state index in [4.69, 9.17) is 5.73 Å². The number of amides is 1. The van der Waals surface area contributed by atoms with Crippen LogP contribution in [-0.2, 0) is 9.84 Å². The molecule has 1 unspecified atom stereocenters. The SMILES string of the molecule is CCN1CCCC1CNC(=O)c1cc(S(=O)(=O)CC)c(O)cc1N. The van der Waals surface area contributed by atoms with Crippen LogP contribution in [0.4, 0.5) is 5.69 Å². The second-order valence-corrected chi connectivity index (χ2v) is 8.19. The molecule has 8 heteroatoms. The van der Waals surface area contributed by atoms with Gasteiger partial charge in [-0.15, -0.1) is 0 Å². The molecule has 2 rings (SSSR count). The van der Waals surface area contributed by atoms with E-state index in [1.807, 2.05) is 0 Å². The molecule has 1 fully saturated rings. The summed E-state index contributed by atoms with van der Waals surface area (Å²) in [6.45, 7) is 6.01. The maximum atomic E-state index is 12.4. The molecule has 1 saturated heterocycles. The van der Waals surface area contributed by atoms with Crippen molar-refractivity contribution in [1.82, 2.24) is 10.2 Å². The molecule has 0 aromatic heterocycles. The number of phenolic OH excluding ortho intramolecular Hbond substituents is 1. The van der Waals surface area contributed by atoms with Crippen molar-refractivity contribution in [1.29, 1.82) is 0 Å². The number of likely N-dealkylation sites (N-methyl/N-ethyl adjacent to an activating group) is 1. The van der Waals surface area contributed by atoms with Gasteiger partial charge in [0.25, 0.3) is 5.91 Å². The number of hydrogen-bond donors (Lipinski definition) is 3. The van der Waals surface area contributed by atoms with E-state index >= 15 is 0 Å². The lowest BCUT2D eigenvalue weighted by Crippen LogP contribution is -2.40. The number of nitrogen functional groups attached to an aromatic ring is 1. The summed E-state index contributed by atoms with van der Waals surface area (Å²) in [6, 6.07) is 2.56. The van der Waals surface area contributed by atoms with Crippen LogP contribution in [0.5, 0.6) is 5.75 Å². The summed E-state index contributed by atoms with van der Waals surface area (Å²) in [6.07, 6.45) is 2.13. The largest absolute Gasteiger partial charge is 0.507 e. The zero-order valence-corrected chi connectivity index (χ0v) is 14.9. The summed E-state index contributed by atoms with van der Waals surface area (Å²) >= 11 is 0. The molecule has 0 spiro atoms. The van der Waals surface area contributed by atoms with E-state index in [1.54, 1.807) is 0 Å². The van der Waals surface area contributed by atoms with E-state index in [9.17, 15) is 18.3 Å². The number of sulfone groups is 1. The lowest BCUT2D eigenvalue weighted by Gasteiger charge is -2.23. The van der Waals surface area contributed by atoms with Crippen LogP contribution in [0, 0.1) is 0 Å². The van der Waals surface area contributed by atoms with Crippen molar-refractivity contribution in [2.75, 3.05) is 31.1 Å². The van der Waals surface area contributed by atoms with Crippen molar-refractivity contribution in [3.8, 4) is 5.75 Å². The molecule has 1 aliphatic rings. The molecule has 1 aromatic carbocycles. The molecular weight excluding hydrogens is 330 g/mol. The van der Waals surface area contributed by atoms with Crippen LogP contribution < -0.4 is 11.1 Å². The molecule has 0 bridgehead atoms. The lowest BCUT2D eigenvalue weighted by molar-refractivity contribution is 0.0942. The minimum Gasteiger partial charge on any atom is -0.507 e. The Bertz CT molecular complexity index is 718. The van der Waals surface area contributed by atoms with Gasteiger partial charge in [0.05, 0.1) is 11.3 Å². The van der Waals surface area contributed by atoms with Crippen LogP contribution in [0.15, 0.2) is 17.0 Å². The Balaban J connectivity index is 2.19. The molecular formula is C16H25N3O4S. The fourth-order valence-corrected chi connectivity index (χ4v) is 4.02. The van der Waals surface area contributed by atoms with Gasteiger partial charge in [-0.25, -0.2) is 8.42 Å². The third-order valence-corrected chi connectivity index (χ3v) is 6.25. The molecule has 1 aromatic rings. The highest BCUT2D eigenvalue weighted by atomic mass is 32.2. The van der Waals surface area contributed by atoms with Gasteiger partial charge in [0.15, 0.2) is 9.84 Å². The number of anilines is 1. The first-order valence-electron chi connectivity index (χ1n) is 8.17. The third kappa shape index (κ3) is 3.81. The number of nitrogens with one attached hydrogen (secondary N) is 1. The zero-order valence-electron chi connectivity index (χ0n) is 14.1. The predicted octanol–water partition coefficient (Wildman–Crippen LogP) is 0.982. The highest BCUT2D eigenvalue weighted by Crippen LogP contribution is 2.29. The smallest absolute Gasteiger partial charge is 0.253 e. The second kappa shape index (κ2) is 7.40. The molecule has 1 aliphatic heterocycles. The standard InChI is InChI=1S/C16H25N3O4S/c1-3-19-7-5-6-11(19)10-18-16(21)12-8-15(24(22,23)4-2)14(20)9-13(12)17/h8-9,11,20H,3-7,10,17H2,1-2H3,(H,18,21). The number of carbonyl (C=O) groups excluding carboxylic acids is 1. The number of likely N-dealkylation sites (tertiary alicyclic amines) is 1. The average Bonchev–Trinajstić information content (AvgIpc) is 2.99. The first-order valence-corrected chi connectivity index (χ1v) is 9.82. The molecule has 0 aliphatic carbocycles. The predicted molar refractivity (Wildman–Crippen MR) is 92.8 cm³/mol. The molecule has 4 N–H and O–H groups in total. The van der Waals surface area contributed by atoms with Gasteiger partial charge in [-0.3, -0.25) is 9.69 Å². The average molecular weight is 355 g/mol. The van der Waals surface area contributed by atoms with Gasteiger partial charge in [0.2, 0.25) is 0 Å². The number of benzene rings is 1. The molecule has 134 valence electrons. The van der Waals surface area contributed by atoms with Crippen molar-refractivity contribution in [3.63, 3.8) is 0 Å². The highest BCUT2D eigenvalue weighted by Gasteiger charge is 2.25. The molecule has 1 atom stereocenters. The van der Waals surface area contributed by atoms with Gasteiger partial charge in [0, 0.05) is 24.3 Å². The Morgan fingerprint density at radius 1 is 1.42 bits per heavy atom. The highest BCUT2D eigenvalue weighted by molar-refractivity contribution is 7.91. The van der Waals surface area contributed by atoms with E-state index in [1.165, 1.54) is 6.92 Å².